The highest BCUT2D eigenvalue weighted by atomic mass is 19.1. The summed E-state index contributed by atoms with van der Waals surface area (Å²) in [4.78, 5) is 0. The first kappa shape index (κ1) is 10.9. The van der Waals surface area contributed by atoms with Gasteiger partial charge in [0.05, 0.1) is 0 Å². The molecule has 0 saturated carbocycles. The maximum atomic E-state index is 13.1. The molecule has 0 aliphatic rings. The monoisotopic (exact) mass is 201 g/mol. The van der Waals surface area contributed by atoms with Gasteiger partial charge in [-0.3, -0.25) is 0 Å². The Morgan fingerprint density at radius 3 is 2.43 bits per heavy atom. The van der Waals surface area contributed by atoms with Crippen molar-refractivity contribution in [3.8, 4) is 5.75 Å². The van der Waals surface area contributed by atoms with Crippen molar-refractivity contribution in [2.45, 2.75) is 19.3 Å². The quantitative estimate of drug-likeness (QED) is 0.731. The number of nitrogens with two attached hydrogens (primary N) is 1. The van der Waals surface area contributed by atoms with Gasteiger partial charge in [-0.1, -0.05) is 0 Å². The normalized spacial score (nSPS) is 10.5. The summed E-state index contributed by atoms with van der Waals surface area (Å²) in [6, 6.07) is 1.93. The number of phenols is 1. The molecule has 0 atom stereocenters. The van der Waals surface area contributed by atoms with Gasteiger partial charge in [-0.25, -0.2) is 8.78 Å². The van der Waals surface area contributed by atoms with Crippen LogP contribution in [0.2, 0.25) is 0 Å². The molecular formula is C10H13F2NO. The third kappa shape index (κ3) is 2.42. The van der Waals surface area contributed by atoms with Gasteiger partial charge >= 0.3 is 0 Å². The van der Waals surface area contributed by atoms with Gasteiger partial charge in [-0.2, -0.15) is 0 Å². The first-order chi connectivity index (χ1) is 6.66. The van der Waals surface area contributed by atoms with Crippen LogP contribution in [0.15, 0.2) is 12.1 Å². The Labute approximate surface area is 81.4 Å². The molecule has 0 unspecified atom stereocenters. The van der Waals surface area contributed by atoms with Crippen molar-refractivity contribution < 1.29 is 13.9 Å². The molecule has 0 aliphatic heterocycles. The van der Waals surface area contributed by atoms with Gasteiger partial charge in [-0.05, 0) is 37.9 Å². The van der Waals surface area contributed by atoms with Crippen LogP contribution in [0.4, 0.5) is 8.78 Å². The fourth-order valence-electron chi connectivity index (χ4n) is 1.27. The minimum atomic E-state index is -0.783. The Morgan fingerprint density at radius 2 is 1.79 bits per heavy atom. The first-order valence-electron chi connectivity index (χ1n) is 4.52. The van der Waals surface area contributed by atoms with Gasteiger partial charge in [-0.15, -0.1) is 0 Å². The van der Waals surface area contributed by atoms with E-state index in [9.17, 15) is 13.9 Å². The molecule has 4 heteroatoms. The Hall–Kier alpha value is -1.16. The van der Waals surface area contributed by atoms with Crippen molar-refractivity contribution in [3.05, 3.63) is 29.3 Å². The molecule has 0 radical (unpaired) electrons. The predicted molar refractivity (Wildman–Crippen MR) is 50.0 cm³/mol. The maximum Gasteiger partial charge on any atom is 0.165 e. The van der Waals surface area contributed by atoms with Crippen LogP contribution in [0.25, 0.3) is 0 Å². The van der Waals surface area contributed by atoms with E-state index >= 15 is 0 Å². The van der Waals surface area contributed by atoms with Crippen LogP contribution < -0.4 is 5.73 Å². The SMILES string of the molecule is NCCCCc1c(F)ccc(F)c1O. The summed E-state index contributed by atoms with van der Waals surface area (Å²) in [6.45, 7) is 0.512. The molecule has 3 N–H and O–H groups in total. The van der Waals surface area contributed by atoms with Crippen molar-refractivity contribution in [1.82, 2.24) is 0 Å². The molecule has 1 aromatic rings. The molecule has 14 heavy (non-hydrogen) atoms. The highest BCUT2D eigenvalue weighted by Gasteiger charge is 2.11. The fraction of sp³-hybridized carbons (Fsp3) is 0.400. The highest BCUT2D eigenvalue weighted by molar-refractivity contribution is 5.34. The van der Waals surface area contributed by atoms with Crippen LogP contribution in [-0.2, 0) is 6.42 Å². The van der Waals surface area contributed by atoms with Gasteiger partial charge in [0, 0.05) is 5.56 Å². The largest absolute Gasteiger partial charge is 0.505 e. The molecule has 0 amide bonds. The number of aromatic hydroxyl groups is 1. The maximum absolute atomic E-state index is 13.1. The van der Waals surface area contributed by atoms with Crippen LogP contribution in [0.5, 0.6) is 5.75 Å². The van der Waals surface area contributed by atoms with E-state index in [1.54, 1.807) is 0 Å². The van der Waals surface area contributed by atoms with E-state index in [0.717, 1.165) is 18.6 Å². The van der Waals surface area contributed by atoms with Crippen molar-refractivity contribution in [1.29, 1.82) is 0 Å². The smallest absolute Gasteiger partial charge is 0.165 e. The molecule has 0 heterocycles. The minimum Gasteiger partial charge on any atom is -0.505 e. The van der Waals surface area contributed by atoms with Gasteiger partial charge in [0.15, 0.2) is 11.6 Å². The molecule has 2 nitrogen and oxygen atoms in total. The molecule has 1 rings (SSSR count). The summed E-state index contributed by atoms with van der Waals surface area (Å²) < 4.78 is 25.9. The zero-order valence-corrected chi connectivity index (χ0v) is 7.76. The number of unbranched alkanes of at least 4 members (excludes halogenated alkanes) is 1. The van der Waals surface area contributed by atoms with Crippen LogP contribution >= 0.6 is 0 Å². The summed E-state index contributed by atoms with van der Waals surface area (Å²) in [5.41, 5.74) is 5.31. The Balaban J connectivity index is 2.79. The zero-order chi connectivity index (χ0) is 10.6. The summed E-state index contributed by atoms with van der Waals surface area (Å²) >= 11 is 0. The number of hydrogen-bond donors (Lipinski definition) is 2. The lowest BCUT2D eigenvalue weighted by atomic mass is 10.1. The van der Waals surface area contributed by atoms with Crippen molar-refractivity contribution in [3.63, 3.8) is 0 Å². The van der Waals surface area contributed by atoms with E-state index in [-0.39, 0.29) is 5.56 Å². The van der Waals surface area contributed by atoms with E-state index in [4.69, 9.17) is 5.73 Å². The van der Waals surface area contributed by atoms with Crippen molar-refractivity contribution >= 4 is 0 Å². The number of rotatable bonds is 4. The molecule has 0 spiro atoms. The summed E-state index contributed by atoms with van der Waals surface area (Å²) in [6.07, 6.45) is 1.69. The number of halogens is 2. The second-order valence-electron chi connectivity index (χ2n) is 3.10. The highest BCUT2D eigenvalue weighted by Crippen LogP contribution is 2.25. The number of benzene rings is 1. The number of hydrogen-bond acceptors (Lipinski definition) is 2. The van der Waals surface area contributed by atoms with Crippen LogP contribution in [0, 0.1) is 11.6 Å². The Kier molecular flexibility index (Phi) is 3.83. The molecule has 1 aromatic carbocycles. The van der Waals surface area contributed by atoms with E-state index in [2.05, 4.69) is 0 Å². The fourth-order valence-corrected chi connectivity index (χ4v) is 1.27. The minimum absolute atomic E-state index is 0.0402. The molecule has 0 bridgehead atoms. The van der Waals surface area contributed by atoms with Gasteiger partial charge in [0.2, 0.25) is 0 Å². The second-order valence-corrected chi connectivity index (χ2v) is 3.10. The summed E-state index contributed by atoms with van der Waals surface area (Å²) in [5.74, 6) is -1.93. The van der Waals surface area contributed by atoms with Crippen LogP contribution in [0.3, 0.4) is 0 Å². The third-order valence-electron chi connectivity index (χ3n) is 2.06. The van der Waals surface area contributed by atoms with Crippen molar-refractivity contribution in [2.24, 2.45) is 5.73 Å². The molecular weight excluding hydrogens is 188 g/mol. The standard InChI is InChI=1S/C10H13F2NO/c11-8-4-5-9(12)10(14)7(8)3-1-2-6-13/h4-5,14H,1-3,6,13H2. The van der Waals surface area contributed by atoms with E-state index < -0.39 is 17.4 Å². The predicted octanol–water partition coefficient (Wildman–Crippen LogP) is 1.95. The topological polar surface area (TPSA) is 46.2 Å². The lowest BCUT2D eigenvalue weighted by Crippen LogP contribution is -2.00. The van der Waals surface area contributed by atoms with E-state index in [1.165, 1.54) is 0 Å². The Bertz CT molecular complexity index is 315. The van der Waals surface area contributed by atoms with Crippen LogP contribution in [-0.4, -0.2) is 11.7 Å². The molecule has 0 saturated heterocycles. The van der Waals surface area contributed by atoms with Gasteiger partial charge in [0.1, 0.15) is 5.82 Å². The van der Waals surface area contributed by atoms with Crippen LogP contribution in [0.1, 0.15) is 18.4 Å². The Morgan fingerprint density at radius 1 is 1.14 bits per heavy atom. The van der Waals surface area contributed by atoms with E-state index in [0.29, 0.717) is 19.4 Å². The van der Waals surface area contributed by atoms with Gasteiger partial charge < -0.3 is 10.8 Å². The molecule has 78 valence electrons. The van der Waals surface area contributed by atoms with E-state index in [1.807, 2.05) is 0 Å². The average Bonchev–Trinajstić information content (AvgIpc) is 2.18. The average molecular weight is 201 g/mol. The first-order valence-corrected chi connectivity index (χ1v) is 4.52. The lowest BCUT2D eigenvalue weighted by molar-refractivity contribution is 0.416. The van der Waals surface area contributed by atoms with Gasteiger partial charge in [0.25, 0.3) is 0 Å². The second kappa shape index (κ2) is 4.91. The molecule has 0 aromatic heterocycles. The third-order valence-corrected chi connectivity index (χ3v) is 2.06. The zero-order valence-electron chi connectivity index (χ0n) is 7.76. The molecule has 0 fully saturated rings. The van der Waals surface area contributed by atoms with Crippen molar-refractivity contribution in [2.75, 3.05) is 6.54 Å². The summed E-state index contributed by atoms with van der Waals surface area (Å²) in [5, 5.41) is 9.23. The lowest BCUT2D eigenvalue weighted by Gasteiger charge is -2.06. The molecule has 0 aliphatic carbocycles. The number of phenolic OH excluding ortho intramolecular Hbond substituents is 1. The summed E-state index contributed by atoms with van der Waals surface area (Å²) in [7, 11) is 0.